The van der Waals surface area contributed by atoms with Crippen molar-refractivity contribution in [3.8, 4) is 0 Å². The largest absolute Gasteiger partial charge is 0.434 e. The highest BCUT2D eigenvalue weighted by atomic mass is 19.1. The lowest BCUT2D eigenvalue weighted by Crippen LogP contribution is -2.22. The monoisotopic (exact) mass is 391 g/mol. The fourth-order valence-electron chi connectivity index (χ4n) is 3.16. The normalized spacial score (nSPS) is 11.0. The third-order valence-corrected chi connectivity index (χ3v) is 4.65. The van der Waals surface area contributed by atoms with E-state index in [1.54, 1.807) is 54.5 Å². The van der Waals surface area contributed by atoms with Gasteiger partial charge >= 0.3 is 0 Å². The minimum absolute atomic E-state index is 0.0701. The Bertz CT molecular complexity index is 1230. The van der Waals surface area contributed by atoms with E-state index in [1.807, 2.05) is 0 Å². The number of fused-ring (bicyclic) bond motifs is 1. The summed E-state index contributed by atoms with van der Waals surface area (Å²) in [5.41, 5.74) is 2.38. The average Bonchev–Trinajstić information content (AvgIpc) is 3.19. The highest BCUT2D eigenvalue weighted by molar-refractivity contribution is 5.95. The maximum atomic E-state index is 13.1. The Kier molecular flexibility index (Phi) is 4.95. The first kappa shape index (κ1) is 18.6. The highest BCUT2D eigenvalue weighted by Gasteiger charge is 2.17. The molecule has 0 aliphatic carbocycles. The summed E-state index contributed by atoms with van der Waals surface area (Å²) in [5.74, 6) is -0.660. The summed E-state index contributed by atoms with van der Waals surface area (Å²) in [7, 11) is 1.75. The Morgan fingerprint density at radius 3 is 2.59 bits per heavy atom. The minimum atomic E-state index is -0.405. The number of halogens is 1. The lowest BCUT2D eigenvalue weighted by Gasteiger charge is -2.05. The number of carbonyl (C=O) groups excluding carboxylic acids is 1. The standard InChI is InChI=1S/C22H18FN3O3/c1-26-13-16(10-14-2-4-17(23)5-3-14)20(27)18-11-19(29-22(18)26)21(28)25-12-15-6-8-24-9-7-15/h2-9,11,13H,10,12H2,1H3,(H,25,28). The van der Waals surface area contributed by atoms with Crippen molar-refractivity contribution in [3.63, 3.8) is 0 Å². The zero-order valence-electron chi connectivity index (χ0n) is 15.7. The molecule has 1 aromatic carbocycles. The number of amides is 1. The second-order valence-corrected chi connectivity index (χ2v) is 6.77. The minimum Gasteiger partial charge on any atom is -0.434 e. The van der Waals surface area contributed by atoms with Crippen molar-refractivity contribution in [2.24, 2.45) is 7.05 Å². The van der Waals surface area contributed by atoms with Crippen LogP contribution in [0, 0.1) is 5.82 Å². The topological polar surface area (TPSA) is 77.1 Å². The fourth-order valence-corrected chi connectivity index (χ4v) is 3.16. The van der Waals surface area contributed by atoms with Gasteiger partial charge in [-0.1, -0.05) is 12.1 Å². The molecule has 1 amide bonds. The first-order valence-corrected chi connectivity index (χ1v) is 9.05. The van der Waals surface area contributed by atoms with E-state index in [0.29, 0.717) is 29.6 Å². The van der Waals surface area contributed by atoms with Crippen molar-refractivity contribution in [3.05, 3.63) is 99.5 Å². The first-order valence-electron chi connectivity index (χ1n) is 9.05. The van der Waals surface area contributed by atoms with Crippen molar-refractivity contribution in [2.45, 2.75) is 13.0 Å². The number of furan rings is 1. The Morgan fingerprint density at radius 2 is 1.86 bits per heavy atom. The average molecular weight is 391 g/mol. The van der Waals surface area contributed by atoms with Crippen LogP contribution in [-0.2, 0) is 20.0 Å². The summed E-state index contributed by atoms with van der Waals surface area (Å²) < 4.78 is 20.4. The van der Waals surface area contributed by atoms with E-state index in [2.05, 4.69) is 10.3 Å². The zero-order chi connectivity index (χ0) is 20.4. The SMILES string of the molecule is Cn1cc(Cc2ccc(F)cc2)c(=O)c2cc(C(=O)NCc3ccncc3)oc21. The molecule has 0 spiro atoms. The molecule has 3 heterocycles. The second-order valence-electron chi connectivity index (χ2n) is 6.77. The number of aryl methyl sites for hydroxylation is 1. The van der Waals surface area contributed by atoms with Crippen molar-refractivity contribution >= 4 is 17.0 Å². The lowest BCUT2D eigenvalue weighted by molar-refractivity contribution is 0.0925. The summed E-state index contributed by atoms with van der Waals surface area (Å²) in [6, 6.07) is 11.1. The van der Waals surface area contributed by atoms with Crippen LogP contribution in [-0.4, -0.2) is 15.5 Å². The van der Waals surface area contributed by atoms with Gasteiger partial charge in [-0.25, -0.2) is 4.39 Å². The van der Waals surface area contributed by atoms with E-state index in [0.717, 1.165) is 11.1 Å². The number of pyridine rings is 2. The van der Waals surface area contributed by atoms with Gasteiger partial charge < -0.3 is 14.3 Å². The van der Waals surface area contributed by atoms with E-state index >= 15 is 0 Å². The Morgan fingerprint density at radius 1 is 1.14 bits per heavy atom. The zero-order valence-corrected chi connectivity index (χ0v) is 15.7. The third kappa shape index (κ3) is 3.94. The maximum absolute atomic E-state index is 13.1. The van der Waals surface area contributed by atoms with Crippen LogP contribution in [0.5, 0.6) is 0 Å². The molecule has 4 rings (SSSR count). The quantitative estimate of drug-likeness (QED) is 0.567. The molecule has 7 heteroatoms. The van der Waals surface area contributed by atoms with Crippen LogP contribution < -0.4 is 10.7 Å². The molecule has 4 aromatic rings. The van der Waals surface area contributed by atoms with Crippen LogP contribution in [0.3, 0.4) is 0 Å². The molecule has 146 valence electrons. The van der Waals surface area contributed by atoms with Gasteiger partial charge in [0.1, 0.15) is 5.82 Å². The predicted molar refractivity (Wildman–Crippen MR) is 106 cm³/mol. The molecule has 0 saturated heterocycles. The predicted octanol–water partition coefficient (Wildman–Crippen LogP) is 3.19. The number of rotatable bonds is 5. The molecular weight excluding hydrogens is 373 g/mol. The first-order chi connectivity index (χ1) is 14.0. The molecule has 0 fully saturated rings. The molecule has 0 bridgehead atoms. The molecule has 0 aliphatic heterocycles. The summed E-state index contributed by atoms with van der Waals surface area (Å²) in [6.07, 6.45) is 5.33. The number of hydrogen-bond acceptors (Lipinski definition) is 4. The highest BCUT2D eigenvalue weighted by Crippen LogP contribution is 2.18. The van der Waals surface area contributed by atoms with Gasteiger partial charge in [0, 0.05) is 50.2 Å². The van der Waals surface area contributed by atoms with E-state index < -0.39 is 5.91 Å². The van der Waals surface area contributed by atoms with Crippen molar-refractivity contribution in [2.75, 3.05) is 0 Å². The molecule has 1 N–H and O–H groups in total. The van der Waals surface area contributed by atoms with Crippen LogP contribution in [0.15, 0.2) is 70.3 Å². The number of nitrogens with one attached hydrogen (secondary N) is 1. The smallest absolute Gasteiger partial charge is 0.287 e. The van der Waals surface area contributed by atoms with Gasteiger partial charge in [0.25, 0.3) is 5.91 Å². The van der Waals surface area contributed by atoms with Crippen molar-refractivity contribution in [1.29, 1.82) is 0 Å². The lowest BCUT2D eigenvalue weighted by atomic mass is 10.1. The molecule has 0 unspecified atom stereocenters. The molecule has 3 aromatic heterocycles. The van der Waals surface area contributed by atoms with Crippen LogP contribution in [0.25, 0.3) is 11.1 Å². The maximum Gasteiger partial charge on any atom is 0.287 e. The van der Waals surface area contributed by atoms with Crippen molar-refractivity contribution < 1.29 is 13.6 Å². The number of hydrogen-bond donors (Lipinski definition) is 1. The second kappa shape index (κ2) is 7.71. The summed E-state index contributed by atoms with van der Waals surface area (Å²) in [6.45, 7) is 0.324. The third-order valence-electron chi connectivity index (χ3n) is 4.65. The van der Waals surface area contributed by atoms with Gasteiger partial charge in [-0.2, -0.15) is 0 Å². The van der Waals surface area contributed by atoms with Crippen LogP contribution in [0.1, 0.15) is 27.2 Å². The van der Waals surface area contributed by atoms with Gasteiger partial charge in [-0.05, 0) is 35.4 Å². The van der Waals surface area contributed by atoms with Crippen LogP contribution >= 0.6 is 0 Å². The van der Waals surface area contributed by atoms with Gasteiger partial charge in [0.05, 0.1) is 5.39 Å². The Hall–Kier alpha value is -3.74. The summed E-state index contributed by atoms with van der Waals surface area (Å²) >= 11 is 0. The Balaban J connectivity index is 1.60. The van der Waals surface area contributed by atoms with Crippen molar-refractivity contribution in [1.82, 2.24) is 14.9 Å². The molecule has 0 atom stereocenters. The number of carbonyl (C=O) groups is 1. The number of nitrogens with zero attached hydrogens (tertiary/aromatic N) is 2. The van der Waals surface area contributed by atoms with E-state index in [4.69, 9.17) is 4.42 Å². The van der Waals surface area contributed by atoms with E-state index in [9.17, 15) is 14.0 Å². The number of aromatic nitrogens is 2. The molecular formula is C22H18FN3O3. The summed E-state index contributed by atoms with van der Waals surface area (Å²) in [4.78, 5) is 29.3. The molecule has 0 aliphatic rings. The molecule has 0 radical (unpaired) electrons. The van der Waals surface area contributed by atoms with E-state index in [-0.39, 0.29) is 17.0 Å². The van der Waals surface area contributed by atoms with Gasteiger partial charge in [0.15, 0.2) is 11.2 Å². The molecule has 0 saturated carbocycles. The summed E-state index contributed by atoms with van der Waals surface area (Å²) in [5, 5.41) is 3.10. The van der Waals surface area contributed by atoms with Crippen LogP contribution in [0.4, 0.5) is 4.39 Å². The van der Waals surface area contributed by atoms with Gasteiger partial charge in [-0.3, -0.25) is 14.6 Å². The molecule has 29 heavy (non-hydrogen) atoms. The van der Waals surface area contributed by atoms with E-state index in [1.165, 1.54) is 18.2 Å². The Labute approximate surface area is 165 Å². The van der Waals surface area contributed by atoms with Gasteiger partial charge in [0.2, 0.25) is 5.71 Å². The van der Waals surface area contributed by atoms with Crippen LogP contribution in [0.2, 0.25) is 0 Å². The number of benzene rings is 1. The molecule has 6 nitrogen and oxygen atoms in total. The van der Waals surface area contributed by atoms with Gasteiger partial charge in [-0.15, -0.1) is 0 Å². The fraction of sp³-hybridized carbons (Fsp3) is 0.136.